The Morgan fingerprint density at radius 3 is 2.94 bits per heavy atom. The van der Waals surface area contributed by atoms with Gasteiger partial charge in [0.1, 0.15) is 10.6 Å². The summed E-state index contributed by atoms with van der Waals surface area (Å²) in [5.41, 5.74) is 5.75. The van der Waals surface area contributed by atoms with Gasteiger partial charge in [0.2, 0.25) is 5.95 Å². The van der Waals surface area contributed by atoms with Crippen LogP contribution in [-0.4, -0.2) is 23.1 Å². The average Bonchev–Trinajstić information content (AvgIpc) is 2.70. The number of fused-ring (bicyclic) bond motifs is 1. The third kappa shape index (κ3) is 2.36. The lowest BCUT2D eigenvalue weighted by Crippen LogP contribution is -2.25. The first-order valence-electron chi connectivity index (χ1n) is 5.81. The van der Waals surface area contributed by atoms with Gasteiger partial charge in [-0.15, -0.1) is 11.3 Å². The number of aromatic nitrogens is 2. The summed E-state index contributed by atoms with van der Waals surface area (Å²) in [5, 5.41) is 9.72. The largest absolute Gasteiger partial charge is 0.368 e. The molecule has 6 heteroatoms. The summed E-state index contributed by atoms with van der Waals surface area (Å²) in [6, 6.07) is 4.23. The number of nitrogen functional groups attached to an aromatic ring is 1. The maximum atomic E-state index is 8.70. The van der Waals surface area contributed by atoms with Crippen LogP contribution in [0.3, 0.4) is 0 Å². The summed E-state index contributed by atoms with van der Waals surface area (Å²) in [5.74, 6) is 1.12. The minimum atomic E-state index is 0.287. The first kappa shape index (κ1) is 12.6. The van der Waals surface area contributed by atoms with Crippen LogP contribution in [0.2, 0.25) is 0 Å². The fraction of sp³-hybridized carbons (Fsp3) is 0.417. The molecule has 0 bridgehead atoms. The third-order valence-corrected chi connectivity index (χ3v) is 3.63. The fourth-order valence-corrected chi connectivity index (χ4v) is 2.76. The molecule has 2 heterocycles. The summed E-state index contributed by atoms with van der Waals surface area (Å²) in [7, 11) is 0. The summed E-state index contributed by atoms with van der Waals surface area (Å²) in [6.45, 7) is 5.54. The average molecular weight is 261 g/mol. The molecule has 0 radical (unpaired) electrons. The van der Waals surface area contributed by atoms with Gasteiger partial charge in [0.25, 0.3) is 0 Å². The topological polar surface area (TPSA) is 78.8 Å². The van der Waals surface area contributed by atoms with E-state index in [1.807, 2.05) is 13.8 Å². The number of aryl methyl sites for hydroxylation is 1. The van der Waals surface area contributed by atoms with Gasteiger partial charge < -0.3 is 10.6 Å². The molecule has 94 valence electrons. The molecule has 0 aliphatic carbocycles. The number of nitrogens with zero attached hydrogens (tertiary/aromatic N) is 4. The van der Waals surface area contributed by atoms with E-state index in [1.165, 1.54) is 4.88 Å². The van der Waals surface area contributed by atoms with Gasteiger partial charge in [-0.25, -0.2) is 4.98 Å². The third-order valence-electron chi connectivity index (χ3n) is 2.69. The number of hydrogen-bond donors (Lipinski definition) is 1. The maximum absolute atomic E-state index is 8.70. The molecular formula is C12H15N5S. The molecule has 0 spiro atoms. The minimum Gasteiger partial charge on any atom is -0.368 e. The van der Waals surface area contributed by atoms with Gasteiger partial charge in [-0.1, -0.05) is 0 Å². The van der Waals surface area contributed by atoms with Crippen molar-refractivity contribution in [2.75, 3.05) is 23.7 Å². The highest BCUT2D eigenvalue weighted by Gasteiger charge is 2.14. The van der Waals surface area contributed by atoms with Crippen LogP contribution in [-0.2, 0) is 0 Å². The molecule has 18 heavy (non-hydrogen) atoms. The van der Waals surface area contributed by atoms with E-state index in [0.29, 0.717) is 13.0 Å². The number of hydrogen-bond acceptors (Lipinski definition) is 6. The fourth-order valence-electron chi connectivity index (χ4n) is 1.88. The molecule has 0 fully saturated rings. The van der Waals surface area contributed by atoms with Gasteiger partial charge >= 0.3 is 0 Å². The van der Waals surface area contributed by atoms with Crippen LogP contribution in [0.5, 0.6) is 0 Å². The van der Waals surface area contributed by atoms with Gasteiger partial charge in [0, 0.05) is 18.0 Å². The van der Waals surface area contributed by atoms with Gasteiger partial charge in [-0.3, -0.25) is 0 Å². The van der Waals surface area contributed by atoms with E-state index in [-0.39, 0.29) is 5.95 Å². The Kier molecular flexibility index (Phi) is 3.63. The zero-order valence-electron chi connectivity index (χ0n) is 10.5. The van der Waals surface area contributed by atoms with Gasteiger partial charge in [0.15, 0.2) is 0 Å². The SMILES string of the molecule is CCN(CCC#N)c1nc(N)nc2sc(C)cc12. The number of anilines is 2. The zero-order chi connectivity index (χ0) is 13.1. The molecule has 0 aromatic carbocycles. The number of nitriles is 1. The van der Waals surface area contributed by atoms with Crippen LogP contribution >= 0.6 is 11.3 Å². The van der Waals surface area contributed by atoms with E-state index in [4.69, 9.17) is 11.0 Å². The highest BCUT2D eigenvalue weighted by atomic mass is 32.1. The molecule has 0 aliphatic rings. The smallest absolute Gasteiger partial charge is 0.223 e. The predicted octanol–water partition coefficient (Wildman–Crippen LogP) is 2.32. The molecular weight excluding hydrogens is 246 g/mol. The van der Waals surface area contributed by atoms with Crippen molar-refractivity contribution in [2.24, 2.45) is 0 Å². The number of thiophene rings is 1. The predicted molar refractivity (Wildman–Crippen MR) is 74.7 cm³/mol. The van der Waals surface area contributed by atoms with Crippen molar-refractivity contribution in [3.63, 3.8) is 0 Å². The molecule has 0 aliphatic heterocycles. The van der Waals surface area contributed by atoms with Crippen molar-refractivity contribution in [3.05, 3.63) is 10.9 Å². The van der Waals surface area contributed by atoms with Crippen LogP contribution in [0, 0.1) is 18.3 Å². The van der Waals surface area contributed by atoms with E-state index >= 15 is 0 Å². The summed E-state index contributed by atoms with van der Waals surface area (Å²) in [6.07, 6.45) is 0.475. The molecule has 2 aromatic heterocycles. The Morgan fingerprint density at radius 2 is 2.28 bits per heavy atom. The van der Waals surface area contributed by atoms with Crippen molar-refractivity contribution in [1.29, 1.82) is 5.26 Å². The monoisotopic (exact) mass is 261 g/mol. The zero-order valence-corrected chi connectivity index (χ0v) is 11.3. The van der Waals surface area contributed by atoms with E-state index in [0.717, 1.165) is 22.6 Å². The Bertz CT molecular complexity index is 598. The first-order valence-corrected chi connectivity index (χ1v) is 6.63. The van der Waals surface area contributed by atoms with E-state index in [2.05, 4.69) is 27.0 Å². The van der Waals surface area contributed by atoms with Crippen LogP contribution in [0.15, 0.2) is 6.07 Å². The lowest BCUT2D eigenvalue weighted by Gasteiger charge is -2.21. The van der Waals surface area contributed by atoms with Crippen molar-refractivity contribution < 1.29 is 0 Å². The Morgan fingerprint density at radius 1 is 1.50 bits per heavy atom. The van der Waals surface area contributed by atoms with Gasteiger partial charge in [0.05, 0.1) is 17.9 Å². The quantitative estimate of drug-likeness (QED) is 0.913. The maximum Gasteiger partial charge on any atom is 0.223 e. The van der Waals surface area contributed by atoms with Crippen molar-refractivity contribution in [2.45, 2.75) is 20.3 Å². The van der Waals surface area contributed by atoms with Crippen LogP contribution in [0.1, 0.15) is 18.2 Å². The van der Waals surface area contributed by atoms with Crippen molar-refractivity contribution in [3.8, 4) is 6.07 Å². The summed E-state index contributed by atoms with van der Waals surface area (Å²) in [4.78, 5) is 12.7. The molecule has 0 saturated carbocycles. The number of nitrogens with two attached hydrogens (primary N) is 1. The molecule has 5 nitrogen and oxygen atoms in total. The van der Waals surface area contributed by atoms with Crippen LogP contribution in [0.4, 0.5) is 11.8 Å². The normalized spacial score (nSPS) is 10.5. The Balaban J connectivity index is 2.50. The summed E-state index contributed by atoms with van der Waals surface area (Å²) >= 11 is 1.61. The standard InChI is InChI=1S/C12H15N5S/c1-3-17(6-4-5-13)10-9-7-8(2)18-11(9)16-12(14)15-10/h7H,3-4,6H2,1-2H3,(H2,14,15,16). The summed E-state index contributed by atoms with van der Waals surface area (Å²) < 4.78 is 0. The molecule has 2 aromatic rings. The van der Waals surface area contributed by atoms with E-state index in [1.54, 1.807) is 11.3 Å². The molecule has 0 saturated heterocycles. The van der Waals surface area contributed by atoms with Gasteiger partial charge in [-0.2, -0.15) is 10.2 Å². The van der Waals surface area contributed by atoms with E-state index < -0.39 is 0 Å². The second-order valence-electron chi connectivity index (χ2n) is 3.97. The van der Waals surface area contributed by atoms with Crippen LogP contribution in [0.25, 0.3) is 10.2 Å². The molecule has 0 unspecified atom stereocenters. The first-order chi connectivity index (χ1) is 8.65. The second kappa shape index (κ2) is 5.19. The second-order valence-corrected chi connectivity index (χ2v) is 5.20. The lowest BCUT2D eigenvalue weighted by molar-refractivity contribution is 0.815. The minimum absolute atomic E-state index is 0.287. The highest BCUT2D eigenvalue weighted by Crippen LogP contribution is 2.31. The molecule has 0 atom stereocenters. The highest BCUT2D eigenvalue weighted by molar-refractivity contribution is 7.18. The van der Waals surface area contributed by atoms with Crippen LogP contribution < -0.4 is 10.6 Å². The Hall–Kier alpha value is -1.87. The molecule has 2 N–H and O–H groups in total. The van der Waals surface area contributed by atoms with Crippen molar-refractivity contribution in [1.82, 2.24) is 9.97 Å². The Labute approximate surface area is 110 Å². The van der Waals surface area contributed by atoms with Gasteiger partial charge in [-0.05, 0) is 19.9 Å². The van der Waals surface area contributed by atoms with Crippen molar-refractivity contribution >= 4 is 33.3 Å². The lowest BCUT2D eigenvalue weighted by atomic mass is 10.3. The molecule has 2 rings (SSSR count). The number of rotatable bonds is 4. The van der Waals surface area contributed by atoms with E-state index in [9.17, 15) is 0 Å². The molecule has 0 amide bonds.